The first-order chi connectivity index (χ1) is 9.70. The first kappa shape index (κ1) is 12.8. The summed E-state index contributed by atoms with van der Waals surface area (Å²) in [7, 11) is 0. The zero-order valence-corrected chi connectivity index (χ0v) is 11.3. The lowest BCUT2D eigenvalue weighted by atomic mass is 10.7. The Balaban J connectivity index is 1.96. The van der Waals surface area contributed by atoms with Crippen LogP contribution in [0.2, 0.25) is 5.28 Å². The van der Waals surface area contributed by atoms with E-state index in [0.717, 1.165) is 11.8 Å². The lowest BCUT2D eigenvalue weighted by molar-refractivity contribution is 0.818. The smallest absolute Gasteiger partial charge is 0.251 e. The van der Waals surface area contributed by atoms with E-state index < -0.39 is 0 Å². The molecule has 0 spiro atoms. The summed E-state index contributed by atoms with van der Waals surface area (Å²) in [5.74, 6) is 0.336. The molecule has 10 heteroatoms. The van der Waals surface area contributed by atoms with Gasteiger partial charge in [-0.25, -0.2) is 9.97 Å². The quantitative estimate of drug-likeness (QED) is 0.718. The highest BCUT2D eigenvalue weighted by molar-refractivity contribution is 7.99. The van der Waals surface area contributed by atoms with Crippen LogP contribution in [0.1, 0.15) is 0 Å². The molecular formula is C10H6ClN7OS. The number of aromatic nitrogens is 7. The molecule has 0 atom stereocenters. The van der Waals surface area contributed by atoms with Gasteiger partial charge in [0.1, 0.15) is 6.33 Å². The molecule has 0 fully saturated rings. The number of aromatic amines is 1. The van der Waals surface area contributed by atoms with E-state index in [4.69, 9.17) is 11.6 Å². The van der Waals surface area contributed by atoms with Crippen molar-refractivity contribution < 1.29 is 0 Å². The van der Waals surface area contributed by atoms with Crippen LogP contribution in [0.4, 0.5) is 0 Å². The van der Waals surface area contributed by atoms with E-state index in [9.17, 15) is 4.79 Å². The first-order valence-corrected chi connectivity index (χ1v) is 6.53. The molecule has 0 amide bonds. The van der Waals surface area contributed by atoms with Crippen LogP contribution >= 0.6 is 23.4 Å². The van der Waals surface area contributed by atoms with E-state index in [1.807, 2.05) is 0 Å². The van der Waals surface area contributed by atoms with Gasteiger partial charge in [0.15, 0.2) is 5.16 Å². The summed E-state index contributed by atoms with van der Waals surface area (Å²) < 4.78 is 1.60. The van der Waals surface area contributed by atoms with Gasteiger partial charge in [0, 0.05) is 24.7 Å². The van der Waals surface area contributed by atoms with Crippen molar-refractivity contribution in [2.45, 2.75) is 10.3 Å². The number of hydrogen-bond acceptors (Lipinski definition) is 7. The summed E-state index contributed by atoms with van der Waals surface area (Å²) in [6.07, 6.45) is 6.23. The maximum Gasteiger partial charge on any atom is 0.251 e. The van der Waals surface area contributed by atoms with E-state index >= 15 is 0 Å². The normalized spacial score (nSPS) is 10.7. The highest BCUT2D eigenvalue weighted by atomic mass is 35.5. The zero-order chi connectivity index (χ0) is 13.9. The van der Waals surface area contributed by atoms with E-state index in [0.29, 0.717) is 16.3 Å². The van der Waals surface area contributed by atoms with E-state index in [1.165, 1.54) is 12.3 Å². The summed E-state index contributed by atoms with van der Waals surface area (Å²) in [4.78, 5) is 33.9. The van der Waals surface area contributed by atoms with Crippen LogP contribution in [-0.2, 0) is 0 Å². The minimum atomic E-state index is -0.252. The second-order valence-corrected chi connectivity index (χ2v) is 4.79. The highest BCUT2D eigenvalue weighted by Crippen LogP contribution is 2.21. The van der Waals surface area contributed by atoms with Crippen molar-refractivity contribution in [1.82, 2.24) is 34.5 Å². The van der Waals surface area contributed by atoms with Gasteiger partial charge in [0.2, 0.25) is 16.4 Å². The summed E-state index contributed by atoms with van der Waals surface area (Å²) in [6.45, 7) is 0. The summed E-state index contributed by atoms with van der Waals surface area (Å²) in [5.41, 5.74) is -0.252. The van der Waals surface area contributed by atoms with Crippen LogP contribution in [0.3, 0.4) is 0 Å². The van der Waals surface area contributed by atoms with Crippen LogP contribution in [0.25, 0.3) is 5.95 Å². The number of H-pyrrole nitrogens is 1. The molecule has 0 aromatic carbocycles. The highest BCUT2D eigenvalue weighted by Gasteiger charge is 2.09. The van der Waals surface area contributed by atoms with Crippen molar-refractivity contribution in [3.05, 3.63) is 46.6 Å². The fraction of sp³-hybridized carbons (Fsp3) is 0. The van der Waals surface area contributed by atoms with Gasteiger partial charge in [-0.1, -0.05) is 0 Å². The van der Waals surface area contributed by atoms with Gasteiger partial charge in [-0.2, -0.15) is 15.0 Å². The largest absolute Gasteiger partial charge is 0.301 e. The Hall–Kier alpha value is -2.26. The van der Waals surface area contributed by atoms with Gasteiger partial charge >= 0.3 is 0 Å². The molecule has 0 aliphatic heterocycles. The molecule has 0 bridgehead atoms. The molecule has 3 heterocycles. The SMILES string of the molecule is O=c1ccnc(Sc2nc(Cl)nc(-n3ccnc3)n2)[nH]1. The van der Waals surface area contributed by atoms with Crippen molar-refractivity contribution in [3.8, 4) is 5.95 Å². The monoisotopic (exact) mass is 307 g/mol. The van der Waals surface area contributed by atoms with Gasteiger partial charge in [-0.3, -0.25) is 9.36 Å². The van der Waals surface area contributed by atoms with Crippen molar-refractivity contribution in [2.24, 2.45) is 0 Å². The first-order valence-electron chi connectivity index (χ1n) is 5.34. The Bertz CT molecular complexity index is 788. The molecule has 100 valence electrons. The van der Waals surface area contributed by atoms with Crippen molar-refractivity contribution >= 4 is 23.4 Å². The molecule has 0 radical (unpaired) electrons. The van der Waals surface area contributed by atoms with Crippen LogP contribution in [0, 0.1) is 0 Å². The third-order valence-electron chi connectivity index (χ3n) is 2.15. The molecule has 3 aromatic rings. The standard InChI is InChI=1S/C10H6ClN7OS/c11-7-15-8(18-4-3-12-5-18)17-10(16-7)20-9-13-2-1-6(19)14-9/h1-5H,(H,13,14,19). The topological polar surface area (TPSA) is 102 Å². The maximum atomic E-state index is 11.2. The molecule has 0 unspecified atom stereocenters. The molecule has 0 aliphatic rings. The maximum absolute atomic E-state index is 11.2. The summed E-state index contributed by atoms with van der Waals surface area (Å²) in [5, 5.41) is 0.740. The molecule has 0 saturated carbocycles. The Morgan fingerprint density at radius 2 is 2.15 bits per heavy atom. The fourth-order valence-electron chi connectivity index (χ4n) is 1.35. The molecule has 20 heavy (non-hydrogen) atoms. The number of imidazole rings is 1. The average Bonchev–Trinajstić information content (AvgIpc) is 2.91. The predicted molar refractivity (Wildman–Crippen MR) is 70.9 cm³/mol. The van der Waals surface area contributed by atoms with Gasteiger partial charge in [-0.15, -0.1) is 0 Å². The molecule has 8 nitrogen and oxygen atoms in total. The Morgan fingerprint density at radius 3 is 2.90 bits per heavy atom. The lowest BCUT2D eigenvalue weighted by Gasteiger charge is -2.03. The molecule has 0 saturated heterocycles. The van der Waals surface area contributed by atoms with Gasteiger partial charge in [0.25, 0.3) is 5.56 Å². The number of halogens is 1. The van der Waals surface area contributed by atoms with Gasteiger partial charge < -0.3 is 4.98 Å². The van der Waals surface area contributed by atoms with Crippen LogP contribution in [0.15, 0.2) is 46.1 Å². The molecular weight excluding hydrogens is 302 g/mol. The van der Waals surface area contributed by atoms with Crippen molar-refractivity contribution in [3.63, 3.8) is 0 Å². The molecule has 1 N–H and O–H groups in total. The van der Waals surface area contributed by atoms with Gasteiger partial charge in [0.05, 0.1) is 0 Å². The van der Waals surface area contributed by atoms with Crippen molar-refractivity contribution in [2.75, 3.05) is 0 Å². The molecule has 3 rings (SSSR count). The Labute approximate surface area is 121 Å². The minimum Gasteiger partial charge on any atom is -0.301 e. The molecule has 0 aliphatic carbocycles. The van der Waals surface area contributed by atoms with Crippen LogP contribution < -0.4 is 5.56 Å². The fourth-order valence-corrected chi connectivity index (χ4v) is 2.25. The molecule has 3 aromatic heterocycles. The lowest BCUT2D eigenvalue weighted by Crippen LogP contribution is -2.06. The second kappa shape index (κ2) is 5.39. The van der Waals surface area contributed by atoms with E-state index in [2.05, 4.69) is 29.9 Å². The number of nitrogens with zero attached hydrogens (tertiary/aromatic N) is 6. The van der Waals surface area contributed by atoms with Crippen LogP contribution in [-0.4, -0.2) is 34.5 Å². The summed E-state index contributed by atoms with van der Waals surface area (Å²) >= 11 is 6.94. The van der Waals surface area contributed by atoms with E-state index in [-0.39, 0.29) is 10.8 Å². The number of rotatable bonds is 3. The minimum absolute atomic E-state index is 0.0458. The second-order valence-electron chi connectivity index (χ2n) is 3.50. The third-order valence-corrected chi connectivity index (χ3v) is 3.08. The van der Waals surface area contributed by atoms with E-state index in [1.54, 1.807) is 23.3 Å². The third kappa shape index (κ3) is 2.83. The number of nitrogens with one attached hydrogen (secondary N) is 1. The zero-order valence-electron chi connectivity index (χ0n) is 9.76. The summed E-state index contributed by atoms with van der Waals surface area (Å²) in [6, 6.07) is 1.32. The van der Waals surface area contributed by atoms with Crippen molar-refractivity contribution in [1.29, 1.82) is 0 Å². The van der Waals surface area contributed by atoms with Crippen LogP contribution in [0.5, 0.6) is 0 Å². The number of hydrogen-bond donors (Lipinski definition) is 1. The Kier molecular flexibility index (Phi) is 3.44. The predicted octanol–water partition coefficient (Wildman–Crippen LogP) is 0.945. The van der Waals surface area contributed by atoms with Gasteiger partial charge in [-0.05, 0) is 23.4 Å². The average molecular weight is 308 g/mol. The Morgan fingerprint density at radius 1 is 1.25 bits per heavy atom.